The molecule has 2 aliphatic heterocycles. The van der Waals surface area contributed by atoms with Gasteiger partial charge >= 0.3 is 6.09 Å². The Balaban J connectivity index is 2.05. The molecule has 1 atom stereocenters. The quantitative estimate of drug-likeness (QED) is 0.103. The van der Waals surface area contributed by atoms with Crippen LogP contribution < -0.4 is 16.6 Å². The lowest BCUT2D eigenvalue weighted by Crippen LogP contribution is -2.41. The summed E-state index contributed by atoms with van der Waals surface area (Å²) in [4.78, 5) is 17.1. The van der Waals surface area contributed by atoms with Crippen LogP contribution in [-0.4, -0.2) is 71.2 Å². The SMILES string of the molecule is CO/C(C(=N)NC1=CCC(C)(CCCO)N=C1C)=C(/NN)OC1CCN(C(=O)O)CC1. The van der Waals surface area contributed by atoms with Crippen molar-refractivity contribution in [1.82, 2.24) is 15.6 Å². The molecule has 2 rings (SSSR count). The van der Waals surface area contributed by atoms with Gasteiger partial charge in [-0.1, -0.05) is 6.08 Å². The summed E-state index contributed by atoms with van der Waals surface area (Å²) in [6.07, 6.45) is 3.97. The van der Waals surface area contributed by atoms with Crippen LogP contribution in [0.2, 0.25) is 0 Å². The summed E-state index contributed by atoms with van der Waals surface area (Å²) < 4.78 is 11.2. The first-order valence-corrected chi connectivity index (χ1v) is 10.4. The number of hydrogen-bond donors (Lipinski definition) is 6. The number of rotatable bonds is 9. The first-order valence-electron chi connectivity index (χ1n) is 10.4. The number of carbonyl (C=O) groups is 1. The Bertz CT molecular complexity index is 757. The van der Waals surface area contributed by atoms with E-state index in [4.69, 9.17) is 35.9 Å². The number of nitrogens with zero attached hydrogens (tertiary/aromatic N) is 2. The second kappa shape index (κ2) is 11.0. The number of methoxy groups -OCH3 is 1. The molecule has 0 saturated carbocycles. The Kier molecular flexibility index (Phi) is 8.69. The molecular weight excluding hydrogens is 404 g/mol. The third kappa shape index (κ3) is 6.59. The van der Waals surface area contributed by atoms with E-state index < -0.39 is 6.09 Å². The number of aliphatic hydroxyl groups excluding tert-OH is 1. The van der Waals surface area contributed by atoms with Gasteiger partial charge in [-0.15, -0.1) is 0 Å². The Morgan fingerprint density at radius 2 is 2.13 bits per heavy atom. The summed E-state index contributed by atoms with van der Waals surface area (Å²) >= 11 is 0. The van der Waals surface area contributed by atoms with Gasteiger partial charge in [0.15, 0.2) is 5.84 Å². The van der Waals surface area contributed by atoms with Gasteiger partial charge in [0.2, 0.25) is 11.6 Å². The number of hydrazine groups is 1. The lowest BCUT2D eigenvalue weighted by molar-refractivity contribution is 0.0360. The largest absolute Gasteiger partial charge is 0.489 e. The van der Waals surface area contributed by atoms with Crippen LogP contribution >= 0.6 is 0 Å². The molecule has 0 aromatic rings. The Labute approximate surface area is 182 Å². The fourth-order valence-electron chi connectivity index (χ4n) is 3.72. The molecule has 1 amide bonds. The minimum atomic E-state index is -0.944. The van der Waals surface area contributed by atoms with E-state index in [2.05, 4.69) is 10.7 Å². The Hall–Kier alpha value is -2.79. The van der Waals surface area contributed by atoms with E-state index in [1.807, 2.05) is 19.9 Å². The predicted octanol–water partition coefficient (Wildman–Crippen LogP) is 1.27. The molecule has 0 radical (unpaired) electrons. The molecule has 7 N–H and O–H groups in total. The second-order valence-corrected chi connectivity index (χ2v) is 7.94. The van der Waals surface area contributed by atoms with Crippen molar-refractivity contribution in [2.75, 3.05) is 26.8 Å². The molecule has 0 aliphatic carbocycles. The van der Waals surface area contributed by atoms with Gasteiger partial charge in [-0.2, -0.15) is 0 Å². The molecule has 0 spiro atoms. The normalized spacial score (nSPS) is 22.7. The molecule has 174 valence electrons. The molecule has 1 fully saturated rings. The number of likely N-dealkylation sites (tertiary alicyclic amines) is 1. The zero-order valence-corrected chi connectivity index (χ0v) is 18.4. The van der Waals surface area contributed by atoms with Gasteiger partial charge in [-0.25, -0.2) is 10.6 Å². The first kappa shape index (κ1) is 24.5. The number of ether oxygens (including phenoxy) is 2. The number of hydrogen-bond acceptors (Lipinski definition) is 8. The fourth-order valence-corrected chi connectivity index (χ4v) is 3.72. The lowest BCUT2D eigenvalue weighted by Gasteiger charge is -2.31. The van der Waals surface area contributed by atoms with Crippen LogP contribution in [0.25, 0.3) is 0 Å². The van der Waals surface area contributed by atoms with Crippen molar-refractivity contribution in [3.63, 3.8) is 0 Å². The first-order chi connectivity index (χ1) is 14.7. The van der Waals surface area contributed by atoms with E-state index in [-0.39, 0.29) is 35.7 Å². The van der Waals surface area contributed by atoms with Crippen molar-refractivity contribution < 1.29 is 24.5 Å². The molecule has 11 heteroatoms. The maximum absolute atomic E-state index is 11.1. The number of carboxylic acid groups (broad SMARTS) is 1. The van der Waals surface area contributed by atoms with Gasteiger partial charge < -0.3 is 29.9 Å². The topological polar surface area (TPSA) is 166 Å². The van der Waals surface area contributed by atoms with E-state index in [9.17, 15) is 4.79 Å². The van der Waals surface area contributed by atoms with Gasteiger partial charge in [0, 0.05) is 32.5 Å². The molecule has 1 saturated heterocycles. The average molecular weight is 439 g/mol. The van der Waals surface area contributed by atoms with E-state index in [1.54, 1.807) is 0 Å². The summed E-state index contributed by atoms with van der Waals surface area (Å²) in [6, 6.07) is 0. The molecule has 2 aliphatic rings. The molecule has 2 heterocycles. The number of aliphatic hydroxyl groups is 1. The standard InChI is InChI=1S/C20H34N6O5/c1-13-15(5-9-20(2,24-13)8-4-12-27)23-17(21)16(30-3)18(25-22)31-14-6-10-26(11-7-14)19(28)29/h5,14,25,27H,4,6-12,22H2,1-3H3,(H2,21,23)(H,28,29)/b18-16-. The van der Waals surface area contributed by atoms with Gasteiger partial charge in [0.05, 0.1) is 24.1 Å². The van der Waals surface area contributed by atoms with Crippen molar-refractivity contribution >= 4 is 17.6 Å². The van der Waals surface area contributed by atoms with Crippen LogP contribution in [0.3, 0.4) is 0 Å². The third-order valence-corrected chi connectivity index (χ3v) is 5.47. The smallest absolute Gasteiger partial charge is 0.407 e. The van der Waals surface area contributed by atoms with Crippen molar-refractivity contribution in [2.24, 2.45) is 10.8 Å². The van der Waals surface area contributed by atoms with Crippen LogP contribution in [-0.2, 0) is 9.47 Å². The van der Waals surface area contributed by atoms with E-state index >= 15 is 0 Å². The van der Waals surface area contributed by atoms with Crippen LogP contribution in [0.15, 0.2) is 28.4 Å². The number of amides is 1. The fraction of sp³-hybridized carbons (Fsp3) is 0.650. The number of dihydropyridines is 1. The van der Waals surface area contributed by atoms with Crippen LogP contribution in [0.5, 0.6) is 0 Å². The van der Waals surface area contributed by atoms with E-state index in [0.717, 1.165) is 12.1 Å². The number of piperidine rings is 1. The third-order valence-electron chi connectivity index (χ3n) is 5.47. The number of allylic oxidation sites excluding steroid dienone is 1. The molecule has 1 unspecified atom stereocenters. The average Bonchev–Trinajstić information content (AvgIpc) is 2.74. The molecule has 11 nitrogen and oxygen atoms in total. The number of aliphatic imine (C=N–C) groups is 1. The minimum Gasteiger partial charge on any atom is -0.489 e. The molecule has 0 aromatic heterocycles. The summed E-state index contributed by atoms with van der Waals surface area (Å²) in [7, 11) is 1.42. The summed E-state index contributed by atoms with van der Waals surface area (Å²) in [5.74, 6) is 5.78. The highest BCUT2D eigenvalue weighted by Crippen LogP contribution is 2.28. The number of nitrogens with two attached hydrogens (primary N) is 1. The maximum Gasteiger partial charge on any atom is 0.407 e. The highest BCUT2D eigenvalue weighted by molar-refractivity contribution is 6.05. The predicted molar refractivity (Wildman–Crippen MR) is 116 cm³/mol. The monoisotopic (exact) mass is 438 g/mol. The molecule has 31 heavy (non-hydrogen) atoms. The molecule has 0 bridgehead atoms. The zero-order valence-electron chi connectivity index (χ0n) is 18.4. The molecular formula is C20H34N6O5. The highest BCUT2D eigenvalue weighted by atomic mass is 16.5. The highest BCUT2D eigenvalue weighted by Gasteiger charge is 2.28. The van der Waals surface area contributed by atoms with E-state index in [0.29, 0.717) is 44.5 Å². The second-order valence-electron chi connectivity index (χ2n) is 7.94. The van der Waals surface area contributed by atoms with Crippen molar-refractivity contribution in [1.29, 1.82) is 5.41 Å². The Morgan fingerprint density at radius 3 is 2.65 bits per heavy atom. The van der Waals surface area contributed by atoms with Crippen LogP contribution in [0.4, 0.5) is 4.79 Å². The Morgan fingerprint density at radius 1 is 1.45 bits per heavy atom. The molecule has 0 aromatic carbocycles. The van der Waals surface area contributed by atoms with Gasteiger partial charge in [-0.05, 0) is 33.1 Å². The van der Waals surface area contributed by atoms with Crippen molar-refractivity contribution in [3.8, 4) is 0 Å². The van der Waals surface area contributed by atoms with Crippen LogP contribution in [0.1, 0.15) is 46.0 Å². The van der Waals surface area contributed by atoms with Crippen molar-refractivity contribution in [3.05, 3.63) is 23.4 Å². The number of amidine groups is 1. The van der Waals surface area contributed by atoms with Gasteiger partial charge in [0.1, 0.15) is 6.10 Å². The summed E-state index contributed by atoms with van der Waals surface area (Å²) in [5, 5.41) is 29.6. The summed E-state index contributed by atoms with van der Waals surface area (Å²) in [5.41, 5.74) is 3.64. The number of nitrogens with one attached hydrogen (secondary N) is 3. The van der Waals surface area contributed by atoms with E-state index in [1.165, 1.54) is 12.0 Å². The van der Waals surface area contributed by atoms with Crippen molar-refractivity contribution in [2.45, 2.75) is 57.6 Å². The van der Waals surface area contributed by atoms with Gasteiger partial charge in [-0.3, -0.25) is 15.8 Å². The van der Waals surface area contributed by atoms with Crippen LogP contribution in [0, 0.1) is 5.41 Å². The minimum absolute atomic E-state index is 0.0433. The zero-order chi connectivity index (χ0) is 23.0. The van der Waals surface area contributed by atoms with Gasteiger partial charge in [0.25, 0.3) is 0 Å². The summed E-state index contributed by atoms with van der Waals surface area (Å²) in [6.45, 7) is 4.79. The maximum atomic E-state index is 11.1. The lowest BCUT2D eigenvalue weighted by atomic mass is 9.89.